The minimum absolute atomic E-state index is 0.0617. The number of rotatable bonds is 9. The lowest BCUT2D eigenvalue weighted by Gasteiger charge is -2.34. The van der Waals surface area contributed by atoms with Crippen LogP contribution in [0, 0.1) is 11.3 Å². The fraction of sp³-hybridized carbons (Fsp3) is 0.345. The first-order chi connectivity index (χ1) is 18.5. The second-order valence-corrected chi connectivity index (χ2v) is 11.8. The maximum Gasteiger partial charge on any atom is 0.309 e. The van der Waals surface area contributed by atoms with Crippen LogP contribution < -0.4 is 10.5 Å². The van der Waals surface area contributed by atoms with Crippen LogP contribution in [0.15, 0.2) is 71.6 Å². The molecule has 1 aliphatic rings. The SMILES string of the molecule is CC(C)OC(=O)C1CCN(C(=O)[C@H](Cc2cccc(C(=N)N)c2)NS(=O)(=O)c2ccc3ccccc3c2)CC1. The largest absolute Gasteiger partial charge is 0.463 e. The van der Waals surface area contributed by atoms with Crippen molar-refractivity contribution in [2.45, 2.75) is 50.2 Å². The van der Waals surface area contributed by atoms with Gasteiger partial charge in [0.2, 0.25) is 15.9 Å². The third kappa shape index (κ3) is 7.01. The Bertz CT molecular complexity index is 1480. The number of ether oxygens (including phenoxy) is 1. The number of benzene rings is 3. The summed E-state index contributed by atoms with van der Waals surface area (Å²) in [6, 6.07) is 18.0. The maximum atomic E-state index is 13.7. The van der Waals surface area contributed by atoms with Crippen molar-refractivity contribution >= 4 is 38.5 Å². The first-order valence-electron chi connectivity index (χ1n) is 13.0. The number of sulfonamides is 1. The summed E-state index contributed by atoms with van der Waals surface area (Å²) >= 11 is 0. The normalized spacial score (nSPS) is 15.3. The number of hydrogen-bond donors (Lipinski definition) is 3. The van der Waals surface area contributed by atoms with Gasteiger partial charge in [-0.3, -0.25) is 15.0 Å². The van der Waals surface area contributed by atoms with Gasteiger partial charge in [0.1, 0.15) is 11.9 Å². The zero-order chi connectivity index (χ0) is 28.2. The number of amidine groups is 1. The van der Waals surface area contributed by atoms with E-state index < -0.39 is 16.1 Å². The van der Waals surface area contributed by atoms with Crippen molar-refractivity contribution in [2.24, 2.45) is 11.7 Å². The molecule has 0 radical (unpaired) electrons. The van der Waals surface area contributed by atoms with E-state index in [2.05, 4.69) is 4.72 Å². The standard InChI is InChI=1S/C29H34N4O5S/c1-19(2)38-29(35)22-12-14-33(15-13-22)28(34)26(17-20-6-5-9-24(16-20)27(30)31)32-39(36,37)25-11-10-21-7-3-4-8-23(21)18-25/h3-11,16,18-19,22,26,32H,12-15,17H2,1-2H3,(H3,30,31)/t26-/m0/s1. The van der Waals surface area contributed by atoms with Gasteiger partial charge >= 0.3 is 5.97 Å². The van der Waals surface area contributed by atoms with Gasteiger partial charge in [-0.25, -0.2) is 8.42 Å². The van der Waals surface area contributed by atoms with Gasteiger partial charge in [-0.1, -0.05) is 48.5 Å². The van der Waals surface area contributed by atoms with E-state index in [9.17, 15) is 18.0 Å². The number of esters is 1. The Kier molecular flexibility index (Phi) is 8.66. The minimum Gasteiger partial charge on any atom is -0.463 e. The third-order valence-corrected chi connectivity index (χ3v) is 8.27. The Hall–Kier alpha value is -3.76. The van der Waals surface area contributed by atoms with E-state index in [0.717, 1.165) is 10.8 Å². The summed E-state index contributed by atoms with van der Waals surface area (Å²) in [5.74, 6) is -1.06. The summed E-state index contributed by atoms with van der Waals surface area (Å²) in [5.41, 5.74) is 6.79. The summed E-state index contributed by atoms with van der Waals surface area (Å²) in [6.07, 6.45) is 0.752. The van der Waals surface area contributed by atoms with Crippen molar-refractivity contribution in [1.82, 2.24) is 9.62 Å². The van der Waals surface area contributed by atoms with Crippen LogP contribution in [0.5, 0.6) is 0 Å². The quantitative estimate of drug-likeness (QED) is 0.212. The average Bonchev–Trinajstić information content (AvgIpc) is 2.91. The molecule has 1 amide bonds. The van der Waals surface area contributed by atoms with Crippen molar-refractivity contribution in [3.63, 3.8) is 0 Å². The Balaban J connectivity index is 1.57. The molecule has 4 rings (SSSR count). The highest BCUT2D eigenvalue weighted by Gasteiger charge is 2.34. The lowest BCUT2D eigenvalue weighted by atomic mass is 9.95. The predicted octanol–water partition coefficient (Wildman–Crippen LogP) is 3.20. The highest BCUT2D eigenvalue weighted by molar-refractivity contribution is 7.89. The Labute approximate surface area is 228 Å². The van der Waals surface area contributed by atoms with Gasteiger partial charge in [-0.15, -0.1) is 0 Å². The second-order valence-electron chi connectivity index (χ2n) is 10.1. The van der Waals surface area contributed by atoms with E-state index in [4.69, 9.17) is 15.9 Å². The Morgan fingerprint density at radius 1 is 1.03 bits per heavy atom. The van der Waals surface area contributed by atoms with Gasteiger partial charge in [0, 0.05) is 18.7 Å². The molecule has 3 aromatic carbocycles. The molecule has 0 bridgehead atoms. The third-order valence-electron chi connectivity index (χ3n) is 6.80. The molecule has 10 heteroatoms. The van der Waals surface area contributed by atoms with E-state index in [1.807, 2.05) is 24.3 Å². The van der Waals surface area contributed by atoms with Crippen LogP contribution in [0.4, 0.5) is 0 Å². The van der Waals surface area contributed by atoms with Crippen molar-refractivity contribution < 1.29 is 22.7 Å². The van der Waals surface area contributed by atoms with Crippen LogP contribution in [-0.4, -0.2) is 56.3 Å². The number of nitrogens with two attached hydrogens (primary N) is 1. The minimum atomic E-state index is -4.06. The summed E-state index contributed by atoms with van der Waals surface area (Å²) in [4.78, 5) is 27.7. The van der Waals surface area contributed by atoms with Crippen LogP contribution in [0.1, 0.15) is 37.8 Å². The molecule has 0 unspecified atom stereocenters. The van der Waals surface area contributed by atoms with Crippen LogP contribution in [-0.2, 0) is 30.8 Å². The molecule has 1 saturated heterocycles. The molecule has 1 heterocycles. The Morgan fingerprint density at radius 2 is 1.72 bits per heavy atom. The van der Waals surface area contributed by atoms with Crippen molar-refractivity contribution in [3.05, 3.63) is 77.9 Å². The fourth-order valence-electron chi connectivity index (χ4n) is 4.76. The zero-order valence-electron chi connectivity index (χ0n) is 22.1. The molecular weight excluding hydrogens is 516 g/mol. The number of nitrogens with zero attached hydrogens (tertiary/aromatic N) is 1. The number of likely N-dealkylation sites (tertiary alicyclic amines) is 1. The van der Waals surface area contributed by atoms with Crippen molar-refractivity contribution in [3.8, 4) is 0 Å². The highest BCUT2D eigenvalue weighted by atomic mass is 32.2. The number of hydrogen-bond acceptors (Lipinski definition) is 6. The number of nitrogens with one attached hydrogen (secondary N) is 2. The van der Waals surface area contributed by atoms with Crippen molar-refractivity contribution in [2.75, 3.05) is 13.1 Å². The molecule has 1 fully saturated rings. The lowest BCUT2D eigenvalue weighted by molar-refractivity contribution is -0.155. The van der Waals surface area contributed by atoms with Gasteiger partial charge in [0.15, 0.2) is 0 Å². The first kappa shape index (κ1) is 28.3. The van der Waals surface area contributed by atoms with Crippen LogP contribution >= 0.6 is 0 Å². The van der Waals surface area contributed by atoms with E-state index in [1.165, 1.54) is 6.07 Å². The van der Waals surface area contributed by atoms with Crippen LogP contribution in [0.3, 0.4) is 0 Å². The number of carbonyl (C=O) groups is 2. The topological polar surface area (TPSA) is 143 Å². The molecular formula is C29H34N4O5S. The monoisotopic (exact) mass is 550 g/mol. The summed E-state index contributed by atoms with van der Waals surface area (Å²) in [6.45, 7) is 4.23. The molecule has 4 N–H and O–H groups in total. The average molecular weight is 551 g/mol. The summed E-state index contributed by atoms with van der Waals surface area (Å²) in [7, 11) is -4.06. The van der Waals surface area contributed by atoms with Gasteiger partial charge in [-0.05, 0) is 67.6 Å². The summed E-state index contributed by atoms with van der Waals surface area (Å²) in [5, 5.41) is 9.41. The van der Waals surface area contributed by atoms with E-state index in [1.54, 1.807) is 55.1 Å². The Morgan fingerprint density at radius 3 is 2.38 bits per heavy atom. The zero-order valence-corrected chi connectivity index (χ0v) is 22.9. The molecule has 1 aliphatic heterocycles. The van der Waals surface area contributed by atoms with E-state index in [0.29, 0.717) is 37.1 Å². The maximum absolute atomic E-state index is 13.7. The van der Waals surface area contributed by atoms with Crippen LogP contribution in [0.2, 0.25) is 0 Å². The van der Waals surface area contributed by atoms with E-state index in [-0.39, 0.29) is 41.1 Å². The molecule has 0 spiro atoms. The first-order valence-corrected chi connectivity index (χ1v) is 14.5. The molecule has 0 aliphatic carbocycles. The predicted molar refractivity (Wildman–Crippen MR) is 150 cm³/mol. The highest BCUT2D eigenvalue weighted by Crippen LogP contribution is 2.23. The molecule has 39 heavy (non-hydrogen) atoms. The second kappa shape index (κ2) is 12.0. The summed E-state index contributed by atoms with van der Waals surface area (Å²) < 4.78 is 34.9. The lowest BCUT2D eigenvalue weighted by Crippen LogP contribution is -2.52. The molecule has 3 aromatic rings. The van der Waals surface area contributed by atoms with Gasteiger partial charge in [-0.2, -0.15) is 4.72 Å². The number of carbonyl (C=O) groups excluding carboxylic acids is 2. The van der Waals surface area contributed by atoms with E-state index >= 15 is 0 Å². The van der Waals surface area contributed by atoms with Crippen LogP contribution in [0.25, 0.3) is 10.8 Å². The molecule has 0 saturated carbocycles. The number of fused-ring (bicyclic) bond motifs is 1. The molecule has 0 aromatic heterocycles. The van der Waals surface area contributed by atoms with Gasteiger partial charge in [0.25, 0.3) is 0 Å². The number of nitrogen functional groups attached to an aromatic ring is 1. The fourth-order valence-corrected chi connectivity index (χ4v) is 5.98. The molecule has 1 atom stereocenters. The number of piperidine rings is 1. The molecule has 206 valence electrons. The smallest absolute Gasteiger partial charge is 0.309 e. The van der Waals surface area contributed by atoms with Crippen molar-refractivity contribution in [1.29, 1.82) is 5.41 Å². The van der Waals surface area contributed by atoms with Gasteiger partial charge in [0.05, 0.1) is 16.9 Å². The molecule has 9 nitrogen and oxygen atoms in total. The van der Waals surface area contributed by atoms with Gasteiger partial charge < -0.3 is 15.4 Å². The number of amides is 1.